The highest BCUT2D eigenvalue weighted by Crippen LogP contribution is 2.46. The monoisotopic (exact) mass is 338 g/mol. The zero-order valence-corrected chi connectivity index (χ0v) is 14.6. The summed E-state index contributed by atoms with van der Waals surface area (Å²) >= 11 is 0. The number of fused-ring (bicyclic) bond motifs is 1. The second kappa shape index (κ2) is 6.49. The van der Waals surface area contributed by atoms with Crippen molar-refractivity contribution < 1.29 is 18.4 Å². The first-order chi connectivity index (χ1) is 11.2. The van der Waals surface area contributed by atoms with Crippen LogP contribution >= 0.6 is 0 Å². The molecule has 0 saturated carbocycles. The van der Waals surface area contributed by atoms with E-state index in [-0.39, 0.29) is 25.4 Å². The highest BCUT2D eigenvalue weighted by atomic mass is 19.3. The van der Waals surface area contributed by atoms with Crippen molar-refractivity contribution >= 4 is 17.5 Å². The lowest BCUT2D eigenvalue weighted by Gasteiger charge is -2.41. The molecule has 24 heavy (non-hydrogen) atoms. The normalized spacial score (nSPS) is 20.8. The summed E-state index contributed by atoms with van der Waals surface area (Å²) in [6.07, 6.45) is -0.715. The third-order valence-electron chi connectivity index (χ3n) is 4.81. The average molecular weight is 338 g/mol. The number of para-hydroxylation sites is 1. The molecule has 0 N–H and O–H groups in total. The van der Waals surface area contributed by atoms with Gasteiger partial charge in [-0.3, -0.25) is 9.59 Å². The number of carbonyl (C=O) groups is 2. The molecule has 0 fully saturated rings. The summed E-state index contributed by atoms with van der Waals surface area (Å²) in [6.45, 7) is 5.46. The minimum absolute atomic E-state index is 0.0400. The lowest BCUT2D eigenvalue weighted by Crippen LogP contribution is -2.49. The number of alkyl halides is 2. The molecule has 0 saturated heterocycles. The van der Waals surface area contributed by atoms with Gasteiger partial charge in [-0.15, -0.1) is 0 Å². The number of halogens is 2. The summed E-state index contributed by atoms with van der Waals surface area (Å²) in [5.74, 6) is -4.90. The van der Waals surface area contributed by atoms with Gasteiger partial charge < -0.3 is 9.80 Å². The molecule has 2 rings (SSSR count). The molecule has 0 spiro atoms. The Balaban J connectivity index is 2.39. The molecular weight excluding hydrogens is 314 g/mol. The van der Waals surface area contributed by atoms with Crippen LogP contribution in [-0.4, -0.2) is 42.8 Å². The van der Waals surface area contributed by atoms with Gasteiger partial charge >= 0.3 is 5.92 Å². The lowest BCUT2D eigenvalue weighted by molar-refractivity contribution is -0.160. The third kappa shape index (κ3) is 3.14. The number of rotatable bonds is 5. The Morgan fingerprint density at radius 1 is 1.29 bits per heavy atom. The van der Waals surface area contributed by atoms with Crippen LogP contribution in [0.3, 0.4) is 0 Å². The Labute approximate surface area is 141 Å². The van der Waals surface area contributed by atoms with Crippen LogP contribution in [0.5, 0.6) is 0 Å². The van der Waals surface area contributed by atoms with Crippen molar-refractivity contribution in [2.75, 3.05) is 25.0 Å². The molecule has 1 aliphatic rings. The van der Waals surface area contributed by atoms with E-state index in [0.717, 1.165) is 4.90 Å². The minimum atomic E-state index is -3.51. The van der Waals surface area contributed by atoms with E-state index in [9.17, 15) is 18.4 Å². The summed E-state index contributed by atoms with van der Waals surface area (Å²) in [5, 5.41) is 0. The Hall–Kier alpha value is -1.98. The van der Waals surface area contributed by atoms with Crippen LogP contribution in [0.4, 0.5) is 14.5 Å². The SMILES string of the molecule is CCN(CC)C(=O)C(F)(F)CC1(C)CC(=O)N(C)c2ccccc21. The van der Waals surface area contributed by atoms with Crippen LogP contribution < -0.4 is 4.90 Å². The van der Waals surface area contributed by atoms with Crippen molar-refractivity contribution in [3.05, 3.63) is 29.8 Å². The van der Waals surface area contributed by atoms with E-state index >= 15 is 0 Å². The molecular formula is C18H24F2N2O2. The maximum Gasteiger partial charge on any atom is 0.325 e. The molecule has 4 nitrogen and oxygen atoms in total. The second-order valence-corrected chi connectivity index (χ2v) is 6.57. The number of anilines is 1. The summed E-state index contributed by atoms with van der Waals surface area (Å²) in [5.41, 5.74) is 0.230. The summed E-state index contributed by atoms with van der Waals surface area (Å²) in [4.78, 5) is 27.1. The van der Waals surface area contributed by atoms with E-state index in [1.807, 2.05) is 0 Å². The molecule has 0 radical (unpaired) electrons. The smallest absolute Gasteiger partial charge is 0.325 e. The molecule has 132 valence electrons. The van der Waals surface area contributed by atoms with Crippen LogP contribution in [0.15, 0.2) is 24.3 Å². The Bertz CT molecular complexity index is 644. The van der Waals surface area contributed by atoms with Crippen molar-refractivity contribution in [1.29, 1.82) is 0 Å². The maximum absolute atomic E-state index is 14.7. The van der Waals surface area contributed by atoms with E-state index in [2.05, 4.69) is 0 Å². The topological polar surface area (TPSA) is 40.6 Å². The summed E-state index contributed by atoms with van der Waals surface area (Å²) in [6, 6.07) is 7.05. The summed E-state index contributed by atoms with van der Waals surface area (Å²) < 4.78 is 29.3. The number of hydrogen-bond acceptors (Lipinski definition) is 2. The van der Waals surface area contributed by atoms with Gasteiger partial charge in [0.2, 0.25) is 5.91 Å². The molecule has 1 aliphatic heterocycles. The Morgan fingerprint density at radius 2 is 1.88 bits per heavy atom. The molecule has 6 heteroatoms. The Morgan fingerprint density at radius 3 is 2.46 bits per heavy atom. The molecule has 1 unspecified atom stereocenters. The van der Waals surface area contributed by atoms with E-state index in [1.54, 1.807) is 52.1 Å². The quantitative estimate of drug-likeness (QED) is 0.827. The second-order valence-electron chi connectivity index (χ2n) is 6.57. The number of hydrogen-bond donors (Lipinski definition) is 0. The molecule has 1 atom stereocenters. The number of benzene rings is 1. The van der Waals surface area contributed by atoms with Crippen LogP contribution in [0.1, 0.15) is 39.2 Å². The molecule has 1 heterocycles. The molecule has 1 aromatic rings. The van der Waals surface area contributed by atoms with Crippen molar-refractivity contribution in [3.63, 3.8) is 0 Å². The van der Waals surface area contributed by atoms with E-state index in [4.69, 9.17) is 0 Å². The van der Waals surface area contributed by atoms with Crippen LogP contribution in [0.25, 0.3) is 0 Å². The van der Waals surface area contributed by atoms with Gasteiger partial charge in [0.15, 0.2) is 0 Å². The van der Waals surface area contributed by atoms with Crippen molar-refractivity contribution in [2.45, 2.75) is 45.0 Å². The fourth-order valence-corrected chi connectivity index (χ4v) is 3.42. The standard InChI is InChI=1S/C18H24F2N2O2/c1-5-22(6-2)16(24)18(19,20)12-17(3)11-15(23)21(4)14-10-8-7-9-13(14)17/h7-10H,5-6,11-12H2,1-4H3. The average Bonchev–Trinajstić information content (AvgIpc) is 2.53. The van der Waals surface area contributed by atoms with Crippen molar-refractivity contribution in [2.24, 2.45) is 0 Å². The number of amides is 2. The van der Waals surface area contributed by atoms with Gasteiger partial charge in [0.25, 0.3) is 5.91 Å². The van der Waals surface area contributed by atoms with Crippen LogP contribution in [0.2, 0.25) is 0 Å². The molecule has 2 amide bonds. The van der Waals surface area contributed by atoms with Gasteiger partial charge in [0, 0.05) is 44.1 Å². The number of carbonyl (C=O) groups excluding carboxylic acids is 2. The summed E-state index contributed by atoms with van der Waals surface area (Å²) in [7, 11) is 1.64. The van der Waals surface area contributed by atoms with Gasteiger partial charge in [-0.1, -0.05) is 25.1 Å². The fraction of sp³-hybridized carbons (Fsp3) is 0.556. The van der Waals surface area contributed by atoms with Gasteiger partial charge in [0.1, 0.15) is 0 Å². The van der Waals surface area contributed by atoms with E-state index < -0.39 is 23.7 Å². The highest BCUT2D eigenvalue weighted by molar-refractivity contribution is 5.97. The van der Waals surface area contributed by atoms with Gasteiger partial charge in [-0.25, -0.2) is 0 Å². The molecule has 0 bridgehead atoms. The van der Waals surface area contributed by atoms with Gasteiger partial charge in [0.05, 0.1) is 0 Å². The highest BCUT2D eigenvalue weighted by Gasteiger charge is 2.50. The fourth-order valence-electron chi connectivity index (χ4n) is 3.42. The number of nitrogens with zero attached hydrogens (tertiary/aromatic N) is 2. The molecule has 0 aromatic heterocycles. The zero-order chi connectivity index (χ0) is 18.1. The maximum atomic E-state index is 14.7. The zero-order valence-electron chi connectivity index (χ0n) is 14.6. The predicted molar refractivity (Wildman–Crippen MR) is 89.3 cm³/mol. The molecule has 1 aromatic carbocycles. The first-order valence-electron chi connectivity index (χ1n) is 8.19. The minimum Gasteiger partial charge on any atom is -0.338 e. The largest absolute Gasteiger partial charge is 0.338 e. The van der Waals surface area contributed by atoms with Crippen molar-refractivity contribution in [1.82, 2.24) is 4.90 Å². The molecule has 0 aliphatic carbocycles. The van der Waals surface area contributed by atoms with E-state index in [0.29, 0.717) is 11.3 Å². The van der Waals surface area contributed by atoms with E-state index in [1.165, 1.54) is 4.90 Å². The first-order valence-corrected chi connectivity index (χ1v) is 8.19. The van der Waals surface area contributed by atoms with Gasteiger partial charge in [-0.2, -0.15) is 8.78 Å². The Kier molecular flexibility index (Phi) is 4.97. The third-order valence-corrected chi connectivity index (χ3v) is 4.81. The van der Waals surface area contributed by atoms with Crippen LogP contribution in [0, 0.1) is 0 Å². The first kappa shape index (κ1) is 18.4. The lowest BCUT2D eigenvalue weighted by atomic mass is 9.71. The van der Waals surface area contributed by atoms with Crippen LogP contribution in [-0.2, 0) is 15.0 Å². The van der Waals surface area contributed by atoms with Gasteiger partial charge in [-0.05, 0) is 25.5 Å². The van der Waals surface area contributed by atoms with Crippen molar-refractivity contribution in [3.8, 4) is 0 Å². The predicted octanol–water partition coefficient (Wildman–Crippen LogP) is 3.20.